The molecule has 0 heterocycles. The van der Waals surface area contributed by atoms with E-state index in [1.165, 1.54) is 23.1 Å². The number of fused-ring (bicyclic) bond motifs is 3. The minimum Gasteiger partial charge on any atom is -0.330 e. The molecule has 0 saturated carbocycles. The van der Waals surface area contributed by atoms with Crippen molar-refractivity contribution >= 4 is 23.3 Å². The molecular formula is C25H19F3N2O3. The van der Waals surface area contributed by atoms with Crippen LogP contribution in [0, 0.1) is 0 Å². The topological polar surface area (TPSA) is 66.5 Å². The summed E-state index contributed by atoms with van der Waals surface area (Å²) < 4.78 is 39.5. The van der Waals surface area contributed by atoms with Gasteiger partial charge in [-0.25, -0.2) is 0 Å². The third-order valence-corrected chi connectivity index (χ3v) is 5.48. The van der Waals surface area contributed by atoms with E-state index in [9.17, 15) is 27.6 Å². The molecule has 4 rings (SSSR count). The smallest absolute Gasteiger partial charge is 0.330 e. The molecular weight excluding hydrogens is 433 g/mol. The van der Waals surface area contributed by atoms with Gasteiger partial charge in [0.1, 0.15) is 6.54 Å². The molecule has 0 aromatic heterocycles. The highest BCUT2D eigenvalue weighted by atomic mass is 19.4. The summed E-state index contributed by atoms with van der Waals surface area (Å²) in [6.07, 6.45) is -4.63. The summed E-state index contributed by atoms with van der Waals surface area (Å²) in [7, 11) is 0. The highest BCUT2D eigenvalue weighted by Gasteiger charge is 2.34. The van der Waals surface area contributed by atoms with Gasteiger partial charge in [-0.3, -0.25) is 14.4 Å². The van der Waals surface area contributed by atoms with Crippen molar-refractivity contribution in [3.8, 4) is 11.1 Å². The summed E-state index contributed by atoms with van der Waals surface area (Å²) in [5.74, 6) is -1.44. The Balaban J connectivity index is 1.52. The van der Waals surface area contributed by atoms with Gasteiger partial charge < -0.3 is 10.2 Å². The second kappa shape index (κ2) is 8.54. The lowest BCUT2D eigenvalue weighted by atomic mass is 10.0. The Hall–Kier alpha value is -3.94. The molecule has 33 heavy (non-hydrogen) atoms. The highest BCUT2D eigenvalue weighted by Crippen LogP contribution is 2.37. The van der Waals surface area contributed by atoms with Crippen LogP contribution in [0.5, 0.6) is 0 Å². The van der Waals surface area contributed by atoms with Gasteiger partial charge in [0.2, 0.25) is 5.91 Å². The average Bonchev–Trinajstić information content (AvgIpc) is 3.08. The van der Waals surface area contributed by atoms with Crippen molar-refractivity contribution < 1.29 is 27.6 Å². The summed E-state index contributed by atoms with van der Waals surface area (Å²) in [6, 6.07) is 16.6. The maximum absolute atomic E-state index is 13.2. The number of anilines is 1. The molecule has 8 heteroatoms. The van der Waals surface area contributed by atoms with Crippen LogP contribution in [0.3, 0.4) is 0 Å². The fraction of sp³-hybridized carbons (Fsp3) is 0.160. The summed E-state index contributed by atoms with van der Waals surface area (Å²) >= 11 is 0. The molecule has 0 unspecified atom stereocenters. The number of para-hydroxylation sites is 1. The monoisotopic (exact) mass is 452 g/mol. The van der Waals surface area contributed by atoms with Gasteiger partial charge in [0.15, 0.2) is 5.78 Å². The lowest BCUT2D eigenvalue weighted by molar-refractivity contribution is -0.137. The molecule has 0 aliphatic heterocycles. The van der Waals surface area contributed by atoms with E-state index in [2.05, 4.69) is 5.32 Å². The lowest BCUT2D eigenvalue weighted by Crippen LogP contribution is -2.38. The maximum Gasteiger partial charge on any atom is 0.418 e. The Morgan fingerprint density at radius 1 is 0.879 bits per heavy atom. The van der Waals surface area contributed by atoms with Gasteiger partial charge in [-0.05, 0) is 42.3 Å². The van der Waals surface area contributed by atoms with E-state index < -0.39 is 30.1 Å². The third kappa shape index (κ3) is 4.24. The first-order valence-corrected chi connectivity index (χ1v) is 10.2. The summed E-state index contributed by atoms with van der Waals surface area (Å²) in [4.78, 5) is 39.4. The predicted octanol–water partition coefficient (Wildman–Crippen LogP) is 5.02. The molecule has 168 valence electrons. The van der Waals surface area contributed by atoms with Crippen molar-refractivity contribution in [2.75, 3.05) is 18.4 Å². The number of halogens is 3. The first kappa shape index (κ1) is 22.3. The largest absolute Gasteiger partial charge is 0.418 e. The van der Waals surface area contributed by atoms with Gasteiger partial charge in [-0.15, -0.1) is 0 Å². The molecule has 3 aromatic rings. The normalized spacial score (nSPS) is 12.2. The zero-order chi connectivity index (χ0) is 23.8. The second-order valence-corrected chi connectivity index (χ2v) is 7.55. The molecule has 1 N–H and O–H groups in total. The Bertz CT molecular complexity index is 1270. The van der Waals surface area contributed by atoms with Crippen LogP contribution in [0.4, 0.5) is 18.9 Å². The molecule has 0 saturated heterocycles. The van der Waals surface area contributed by atoms with Crippen molar-refractivity contribution in [3.63, 3.8) is 0 Å². The molecule has 2 amide bonds. The molecule has 1 aliphatic rings. The van der Waals surface area contributed by atoms with Crippen LogP contribution in [0.25, 0.3) is 11.1 Å². The van der Waals surface area contributed by atoms with E-state index in [4.69, 9.17) is 0 Å². The minimum absolute atomic E-state index is 0.151. The SMILES string of the molecule is CCN(CC(=O)Nc1ccccc1C(F)(F)F)C(=O)c1ccc2c(c1)C(=O)c1ccccc1-2. The van der Waals surface area contributed by atoms with Crippen molar-refractivity contribution in [2.45, 2.75) is 13.1 Å². The van der Waals surface area contributed by atoms with Crippen molar-refractivity contribution in [1.29, 1.82) is 0 Å². The van der Waals surface area contributed by atoms with Gasteiger partial charge >= 0.3 is 6.18 Å². The van der Waals surface area contributed by atoms with Crippen LogP contribution in [0.1, 0.15) is 38.8 Å². The van der Waals surface area contributed by atoms with Crippen LogP contribution < -0.4 is 5.32 Å². The van der Waals surface area contributed by atoms with Crippen LogP contribution in [0.2, 0.25) is 0 Å². The Morgan fingerprint density at radius 2 is 1.52 bits per heavy atom. The number of nitrogens with zero attached hydrogens (tertiary/aromatic N) is 1. The first-order chi connectivity index (χ1) is 15.7. The summed E-state index contributed by atoms with van der Waals surface area (Å²) in [6.45, 7) is 1.37. The van der Waals surface area contributed by atoms with E-state index >= 15 is 0 Å². The molecule has 0 spiro atoms. The Kier molecular flexibility index (Phi) is 5.76. The maximum atomic E-state index is 13.2. The summed E-state index contributed by atoms with van der Waals surface area (Å²) in [5, 5.41) is 2.24. The zero-order valence-corrected chi connectivity index (χ0v) is 17.6. The Labute approximate surface area is 187 Å². The molecule has 5 nitrogen and oxygen atoms in total. The molecule has 1 aliphatic carbocycles. The number of carbonyl (C=O) groups excluding carboxylic acids is 3. The van der Waals surface area contributed by atoms with Gasteiger partial charge in [-0.2, -0.15) is 13.2 Å². The number of hydrogen-bond acceptors (Lipinski definition) is 3. The third-order valence-electron chi connectivity index (χ3n) is 5.48. The standard InChI is InChI=1S/C25H19F3N2O3/c1-2-30(14-22(31)29-21-10-6-5-9-20(21)25(26,27)28)24(33)15-11-12-17-16-7-3-4-8-18(16)23(32)19(17)13-15/h3-13H,2,14H2,1H3,(H,29,31). The fourth-order valence-electron chi connectivity index (χ4n) is 3.87. The van der Waals surface area contributed by atoms with Crippen LogP contribution in [0.15, 0.2) is 66.7 Å². The Morgan fingerprint density at radius 3 is 2.21 bits per heavy atom. The number of hydrogen-bond donors (Lipinski definition) is 1. The zero-order valence-electron chi connectivity index (χ0n) is 17.6. The number of ketones is 1. The van der Waals surface area contributed by atoms with Gasteiger partial charge in [0.25, 0.3) is 5.91 Å². The molecule has 0 atom stereocenters. The molecule has 0 fully saturated rings. The van der Waals surface area contributed by atoms with Crippen molar-refractivity contribution in [3.05, 3.63) is 89.0 Å². The second-order valence-electron chi connectivity index (χ2n) is 7.55. The van der Waals surface area contributed by atoms with Gasteiger partial charge in [0, 0.05) is 23.2 Å². The van der Waals surface area contributed by atoms with Gasteiger partial charge in [0.05, 0.1) is 11.3 Å². The number of rotatable bonds is 5. The van der Waals surface area contributed by atoms with Crippen LogP contribution >= 0.6 is 0 Å². The first-order valence-electron chi connectivity index (χ1n) is 10.2. The number of benzene rings is 3. The van der Waals surface area contributed by atoms with Crippen LogP contribution in [-0.4, -0.2) is 35.6 Å². The number of amides is 2. The fourth-order valence-corrected chi connectivity index (χ4v) is 3.87. The van der Waals surface area contributed by atoms with E-state index in [-0.39, 0.29) is 23.6 Å². The lowest BCUT2D eigenvalue weighted by Gasteiger charge is -2.21. The van der Waals surface area contributed by atoms with E-state index in [0.717, 1.165) is 23.3 Å². The predicted molar refractivity (Wildman–Crippen MR) is 117 cm³/mol. The minimum atomic E-state index is -4.63. The van der Waals surface area contributed by atoms with Crippen molar-refractivity contribution in [2.24, 2.45) is 0 Å². The molecule has 0 radical (unpaired) electrons. The number of carbonyl (C=O) groups is 3. The van der Waals surface area contributed by atoms with Crippen molar-refractivity contribution in [1.82, 2.24) is 4.90 Å². The number of alkyl halides is 3. The molecule has 0 bridgehead atoms. The molecule has 3 aromatic carbocycles. The van der Waals surface area contributed by atoms with Gasteiger partial charge in [-0.1, -0.05) is 42.5 Å². The average molecular weight is 452 g/mol. The number of nitrogens with one attached hydrogen (secondary N) is 1. The number of likely N-dealkylation sites (N-methyl/N-ethyl adjacent to an activating group) is 1. The van der Waals surface area contributed by atoms with E-state index in [0.29, 0.717) is 11.1 Å². The highest BCUT2D eigenvalue weighted by molar-refractivity contribution is 6.22. The van der Waals surface area contributed by atoms with E-state index in [1.807, 2.05) is 12.1 Å². The summed E-state index contributed by atoms with van der Waals surface area (Å²) in [5.41, 5.74) is 1.38. The van der Waals surface area contributed by atoms with E-state index in [1.54, 1.807) is 31.2 Å². The van der Waals surface area contributed by atoms with Crippen LogP contribution in [-0.2, 0) is 11.0 Å². The quantitative estimate of drug-likeness (QED) is 0.463.